The van der Waals surface area contributed by atoms with Crippen molar-refractivity contribution in [2.24, 2.45) is 17.6 Å². The van der Waals surface area contributed by atoms with Crippen molar-refractivity contribution in [3.63, 3.8) is 0 Å². The molecule has 2 N–H and O–H groups in total. The van der Waals surface area contributed by atoms with Gasteiger partial charge in [-0.2, -0.15) is 0 Å². The van der Waals surface area contributed by atoms with Crippen molar-refractivity contribution in [1.29, 1.82) is 0 Å². The summed E-state index contributed by atoms with van der Waals surface area (Å²) in [6.45, 7) is 25.0. The van der Waals surface area contributed by atoms with Crippen molar-refractivity contribution in [2.75, 3.05) is 26.7 Å². The van der Waals surface area contributed by atoms with E-state index in [2.05, 4.69) is 96.9 Å². The molecule has 1 heterocycles. The number of likely N-dealkylation sites (tertiary alicyclic amines) is 1. The lowest BCUT2D eigenvalue weighted by atomic mass is 9.80. The molecule has 1 fully saturated rings. The molecule has 0 aromatic heterocycles. The molecule has 0 saturated carbocycles. The van der Waals surface area contributed by atoms with Gasteiger partial charge in [0.25, 0.3) is 0 Å². The molecular formula is C34H54N2O. The summed E-state index contributed by atoms with van der Waals surface area (Å²) >= 11 is 0. The molecule has 0 spiro atoms. The number of rotatable bonds is 11. The SMILES string of the molecule is C=C/C(C)=C(\C=C(\C)C(C)CC)C(/CC)=C(/c1cc(C2CCN(CC=O)CC2)ccc1C)C(C)C.CN. The highest BCUT2D eigenvalue weighted by Gasteiger charge is 2.23. The molecule has 2 rings (SSSR count). The molecular weight excluding hydrogens is 452 g/mol. The van der Waals surface area contributed by atoms with Crippen LogP contribution in [0.2, 0.25) is 0 Å². The normalized spacial score (nSPS) is 17.4. The first-order valence-corrected chi connectivity index (χ1v) is 14.3. The second-order valence-electron chi connectivity index (χ2n) is 10.7. The quantitative estimate of drug-likeness (QED) is 0.243. The third kappa shape index (κ3) is 8.93. The van der Waals surface area contributed by atoms with Gasteiger partial charge in [-0.05, 0) is 123 Å². The number of piperidine rings is 1. The van der Waals surface area contributed by atoms with Crippen LogP contribution in [0.25, 0.3) is 5.57 Å². The van der Waals surface area contributed by atoms with Gasteiger partial charge in [0, 0.05) is 0 Å². The molecule has 1 saturated heterocycles. The molecule has 1 aliphatic heterocycles. The summed E-state index contributed by atoms with van der Waals surface area (Å²) < 4.78 is 0. The summed E-state index contributed by atoms with van der Waals surface area (Å²) in [5.41, 5.74) is 15.6. The van der Waals surface area contributed by atoms with Crippen molar-refractivity contribution >= 4 is 11.9 Å². The fourth-order valence-electron chi connectivity index (χ4n) is 5.33. The number of carbonyl (C=O) groups excluding carboxylic acids is 1. The Bertz CT molecular complexity index is 972. The number of aryl methyl sites for hydroxylation is 1. The number of aldehydes is 1. The molecule has 37 heavy (non-hydrogen) atoms. The topological polar surface area (TPSA) is 46.3 Å². The molecule has 1 unspecified atom stereocenters. The number of nitrogens with two attached hydrogens (primary N) is 1. The smallest absolute Gasteiger partial charge is 0.133 e. The number of carbonyl (C=O) groups is 1. The zero-order valence-electron chi connectivity index (χ0n) is 25.3. The number of benzene rings is 1. The zero-order chi connectivity index (χ0) is 28.1. The van der Waals surface area contributed by atoms with Crippen LogP contribution in [0, 0.1) is 18.8 Å². The van der Waals surface area contributed by atoms with E-state index in [-0.39, 0.29) is 0 Å². The largest absolute Gasteiger partial charge is 0.333 e. The van der Waals surface area contributed by atoms with E-state index in [1.54, 1.807) is 0 Å². The molecule has 3 nitrogen and oxygen atoms in total. The second-order valence-corrected chi connectivity index (χ2v) is 10.7. The standard InChI is InChI=1S/C33H49NO.CH5N/c1-10-24(6)27(9)21-31(25(7)11-2)30(12-3)33(23(4)5)32-22-29(14-13-26(32)8)28-15-17-34(18-16-28)19-20-35;1-2/h11,13-14,20-24,28H,2,10,12,15-19H2,1,3-9H3;2H2,1H3/b27-21-,31-25+,33-30+;. The minimum absolute atomic E-state index is 0.415. The zero-order valence-corrected chi connectivity index (χ0v) is 25.3. The van der Waals surface area contributed by atoms with Crippen LogP contribution >= 0.6 is 0 Å². The van der Waals surface area contributed by atoms with Crippen LogP contribution in [0.4, 0.5) is 0 Å². The lowest BCUT2D eigenvalue weighted by molar-refractivity contribution is -0.109. The van der Waals surface area contributed by atoms with Crippen LogP contribution < -0.4 is 5.73 Å². The summed E-state index contributed by atoms with van der Waals surface area (Å²) in [6, 6.07) is 7.13. The highest BCUT2D eigenvalue weighted by Crippen LogP contribution is 2.39. The molecule has 0 radical (unpaired) electrons. The van der Waals surface area contributed by atoms with Gasteiger partial charge in [-0.1, -0.05) is 77.1 Å². The van der Waals surface area contributed by atoms with Crippen molar-refractivity contribution in [1.82, 2.24) is 4.90 Å². The average molecular weight is 507 g/mol. The van der Waals surface area contributed by atoms with Crippen LogP contribution in [0.1, 0.15) is 96.8 Å². The van der Waals surface area contributed by atoms with Crippen LogP contribution in [0.3, 0.4) is 0 Å². The maximum Gasteiger partial charge on any atom is 0.133 e. The van der Waals surface area contributed by atoms with Crippen LogP contribution in [0.5, 0.6) is 0 Å². The number of hydrogen-bond donors (Lipinski definition) is 1. The van der Waals surface area contributed by atoms with Gasteiger partial charge >= 0.3 is 0 Å². The van der Waals surface area contributed by atoms with E-state index in [9.17, 15) is 4.79 Å². The van der Waals surface area contributed by atoms with Gasteiger partial charge < -0.3 is 10.5 Å². The average Bonchev–Trinajstić information content (AvgIpc) is 2.91. The molecule has 0 bridgehead atoms. The summed E-state index contributed by atoms with van der Waals surface area (Å²) in [4.78, 5) is 13.2. The van der Waals surface area contributed by atoms with Crippen molar-refractivity contribution in [2.45, 2.75) is 87.0 Å². The second kappa shape index (κ2) is 16.6. The first kappa shape index (κ1) is 32.8. The van der Waals surface area contributed by atoms with E-state index < -0.39 is 0 Å². The molecule has 1 atom stereocenters. The minimum atomic E-state index is 0.415. The van der Waals surface area contributed by atoms with Crippen LogP contribution in [0.15, 0.2) is 59.2 Å². The predicted molar refractivity (Wildman–Crippen MR) is 164 cm³/mol. The summed E-state index contributed by atoms with van der Waals surface area (Å²) in [5.74, 6) is 1.55. The van der Waals surface area contributed by atoms with Gasteiger partial charge in [0.2, 0.25) is 0 Å². The Morgan fingerprint density at radius 3 is 2.24 bits per heavy atom. The van der Waals surface area contributed by atoms with Crippen molar-refractivity contribution in [3.05, 3.63) is 75.9 Å². The maximum atomic E-state index is 10.9. The Labute approximate surface area is 228 Å². The third-order valence-electron chi connectivity index (χ3n) is 8.02. The summed E-state index contributed by atoms with van der Waals surface area (Å²) in [6.07, 6.45) is 9.85. The number of hydrogen-bond acceptors (Lipinski definition) is 3. The van der Waals surface area contributed by atoms with Crippen molar-refractivity contribution < 1.29 is 4.79 Å². The van der Waals surface area contributed by atoms with Gasteiger partial charge in [0.15, 0.2) is 0 Å². The summed E-state index contributed by atoms with van der Waals surface area (Å²) in [5, 5.41) is 0. The monoisotopic (exact) mass is 506 g/mol. The Morgan fingerprint density at radius 1 is 1.14 bits per heavy atom. The van der Waals surface area contributed by atoms with Crippen molar-refractivity contribution in [3.8, 4) is 0 Å². The van der Waals surface area contributed by atoms with E-state index in [0.29, 0.717) is 24.3 Å². The lowest BCUT2D eigenvalue weighted by Crippen LogP contribution is -2.34. The van der Waals surface area contributed by atoms with Crippen LogP contribution in [-0.2, 0) is 4.79 Å². The van der Waals surface area contributed by atoms with Crippen LogP contribution in [-0.4, -0.2) is 37.9 Å². The maximum absolute atomic E-state index is 10.9. The number of allylic oxidation sites excluding steroid dienone is 7. The van der Waals surface area contributed by atoms with Gasteiger partial charge in [0.05, 0.1) is 6.54 Å². The molecule has 1 aromatic carbocycles. The van der Waals surface area contributed by atoms with E-state index in [0.717, 1.165) is 45.1 Å². The molecule has 0 amide bonds. The fraction of sp³-hybridized carbons (Fsp3) is 0.559. The van der Waals surface area contributed by atoms with E-state index in [4.69, 9.17) is 0 Å². The van der Waals surface area contributed by atoms with Gasteiger partial charge in [-0.25, -0.2) is 0 Å². The Kier molecular flexibility index (Phi) is 14.7. The Morgan fingerprint density at radius 2 is 1.76 bits per heavy atom. The molecule has 1 aliphatic rings. The van der Waals surface area contributed by atoms with E-state index in [1.165, 1.54) is 51.6 Å². The minimum Gasteiger partial charge on any atom is -0.333 e. The highest BCUT2D eigenvalue weighted by molar-refractivity contribution is 5.77. The molecule has 3 heteroatoms. The first-order chi connectivity index (χ1) is 17.7. The Balaban J connectivity index is 0.00000334. The highest BCUT2D eigenvalue weighted by atomic mass is 16.1. The molecule has 0 aliphatic carbocycles. The fourth-order valence-corrected chi connectivity index (χ4v) is 5.33. The Hall–Kier alpha value is -2.23. The van der Waals surface area contributed by atoms with Gasteiger partial charge in [-0.3, -0.25) is 4.90 Å². The van der Waals surface area contributed by atoms with Gasteiger partial charge in [-0.15, -0.1) is 0 Å². The molecule has 1 aromatic rings. The first-order valence-electron chi connectivity index (χ1n) is 14.3. The number of nitrogens with zero attached hydrogens (tertiary/aromatic N) is 1. The van der Waals surface area contributed by atoms with E-state index >= 15 is 0 Å². The molecule has 206 valence electrons. The summed E-state index contributed by atoms with van der Waals surface area (Å²) in [7, 11) is 1.50. The van der Waals surface area contributed by atoms with Gasteiger partial charge in [0.1, 0.15) is 6.29 Å². The van der Waals surface area contributed by atoms with E-state index in [1.807, 2.05) is 6.08 Å². The third-order valence-corrected chi connectivity index (χ3v) is 8.02. The lowest BCUT2D eigenvalue weighted by Gasteiger charge is -2.31. The predicted octanol–water partition coefficient (Wildman–Crippen LogP) is 8.26.